The van der Waals surface area contributed by atoms with E-state index < -0.39 is 42.1 Å². The highest BCUT2D eigenvalue weighted by molar-refractivity contribution is 5.96. The number of esters is 2. The van der Waals surface area contributed by atoms with E-state index in [1.165, 1.54) is 44.4 Å². The first kappa shape index (κ1) is 30.9. The van der Waals surface area contributed by atoms with E-state index in [1.54, 1.807) is 6.07 Å². The maximum absolute atomic E-state index is 14.9. The predicted molar refractivity (Wildman–Crippen MR) is 140 cm³/mol. The number of allylic oxidation sites excluding steroid dienone is 1. The van der Waals surface area contributed by atoms with Gasteiger partial charge in [0, 0.05) is 43.8 Å². The lowest BCUT2D eigenvalue weighted by Gasteiger charge is -2.29. The van der Waals surface area contributed by atoms with Crippen molar-refractivity contribution in [3.8, 4) is 0 Å². The van der Waals surface area contributed by atoms with Crippen LogP contribution in [0.15, 0.2) is 42.5 Å². The van der Waals surface area contributed by atoms with Gasteiger partial charge in [0.25, 0.3) is 0 Å². The van der Waals surface area contributed by atoms with E-state index in [-0.39, 0.29) is 17.5 Å². The molecule has 1 unspecified atom stereocenters. The van der Waals surface area contributed by atoms with Gasteiger partial charge < -0.3 is 18.9 Å². The van der Waals surface area contributed by atoms with Crippen LogP contribution in [0, 0.1) is 11.8 Å². The van der Waals surface area contributed by atoms with Crippen LogP contribution in [0.3, 0.4) is 0 Å². The first-order valence-electron chi connectivity index (χ1n) is 13.9. The van der Waals surface area contributed by atoms with Gasteiger partial charge in [-0.3, -0.25) is 14.4 Å². The third-order valence-corrected chi connectivity index (χ3v) is 7.46. The van der Waals surface area contributed by atoms with Crippen LogP contribution in [0.2, 0.25) is 0 Å². The third-order valence-electron chi connectivity index (χ3n) is 7.46. The van der Waals surface area contributed by atoms with E-state index in [0.29, 0.717) is 32.3 Å². The Balaban J connectivity index is 1.75. The van der Waals surface area contributed by atoms with Gasteiger partial charge in [0.1, 0.15) is 6.10 Å². The fourth-order valence-electron chi connectivity index (χ4n) is 5.44. The van der Waals surface area contributed by atoms with Crippen molar-refractivity contribution in [2.24, 2.45) is 11.8 Å². The molecule has 2 aliphatic rings. The molecular formula is C30H40F2O7. The SMILES string of the molecule is COC(=O)CCCCCC[C@@H]1[C@H](C=CC(=O)C(F)(F)c2ccccc2)[C@H](OC2CCCCO2)C[C@H]1OC(C)=O. The molecule has 1 aromatic rings. The number of carbonyl (C=O) groups is 3. The standard InChI is InChI=1S/C30H40F2O7/c1-21(33)38-25-20-26(39-29-16-10-11-19-37-29)24(23(25)14-8-3-4-9-15-28(35)36-2)17-18-27(34)30(31,32)22-12-6-5-7-13-22/h5-7,12-13,17-18,23-26,29H,3-4,8-11,14-16,19-20H2,1-2H3/t23-,24+,25-,26-,29?/m1/s1. The first-order chi connectivity index (χ1) is 18.7. The summed E-state index contributed by atoms with van der Waals surface area (Å²) in [5, 5.41) is 0. The number of methoxy groups -OCH3 is 1. The molecule has 1 heterocycles. The minimum atomic E-state index is -3.66. The molecule has 1 aliphatic heterocycles. The number of halogens is 2. The van der Waals surface area contributed by atoms with Gasteiger partial charge in [-0.05, 0) is 38.2 Å². The number of rotatable bonds is 14. The normalized spacial score (nSPS) is 25.5. The second-order valence-electron chi connectivity index (χ2n) is 10.3. The van der Waals surface area contributed by atoms with Gasteiger partial charge in [-0.1, -0.05) is 55.7 Å². The number of hydrogen-bond donors (Lipinski definition) is 0. The smallest absolute Gasteiger partial charge is 0.334 e. The zero-order chi connectivity index (χ0) is 28.3. The summed E-state index contributed by atoms with van der Waals surface area (Å²) in [5.41, 5.74) is -0.365. The Morgan fingerprint density at radius 3 is 2.46 bits per heavy atom. The van der Waals surface area contributed by atoms with Gasteiger partial charge in [-0.2, -0.15) is 8.78 Å². The molecule has 0 aromatic heterocycles. The Morgan fingerprint density at radius 1 is 1.05 bits per heavy atom. The highest BCUT2D eigenvalue weighted by Crippen LogP contribution is 2.42. The molecule has 0 N–H and O–H groups in total. The van der Waals surface area contributed by atoms with Crippen LogP contribution in [-0.2, 0) is 39.3 Å². The minimum Gasteiger partial charge on any atom is -0.469 e. The Hall–Kier alpha value is -2.65. The zero-order valence-corrected chi connectivity index (χ0v) is 22.8. The van der Waals surface area contributed by atoms with Crippen LogP contribution >= 0.6 is 0 Å². The van der Waals surface area contributed by atoms with E-state index >= 15 is 0 Å². The van der Waals surface area contributed by atoms with E-state index in [2.05, 4.69) is 4.74 Å². The number of hydrogen-bond acceptors (Lipinski definition) is 7. The lowest BCUT2D eigenvalue weighted by molar-refractivity contribution is -0.193. The summed E-state index contributed by atoms with van der Waals surface area (Å²) in [7, 11) is 1.36. The Morgan fingerprint density at radius 2 is 1.79 bits per heavy atom. The van der Waals surface area contributed by atoms with Crippen molar-refractivity contribution in [1.82, 2.24) is 0 Å². The van der Waals surface area contributed by atoms with Gasteiger partial charge in [0.15, 0.2) is 6.29 Å². The zero-order valence-electron chi connectivity index (χ0n) is 22.8. The molecule has 3 rings (SSSR count). The number of unbranched alkanes of at least 4 members (excludes halogenated alkanes) is 3. The number of ketones is 1. The molecule has 0 bridgehead atoms. The number of carbonyl (C=O) groups excluding carboxylic acids is 3. The summed E-state index contributed by atoms with van der Waals surface area (Å²) in [5.74, 6) is -6.26. The molecule has 0 spiro atoms. The molecule has 0 radical (unpaired) electrons. The van der Waals surface area contributed by atoms with E-state index in [0.717, 1.165) is 44.6 Å². The van der Waals surface area contributed by atoms with E-state index in [4.69, 9.17) is 14.2 Å². The molecule has 39 heavy (non-hydrogen) atoms. The van der Waals surface area contributed by atoms with Gasteiger partial charge in [0.05, 0.1) is 13.2 Å². The summed E-state index contributed by atoms with van der Waals surface area (Å²) in [6.07, 6.45) is 8.34. The monoisotopic (exact) mass is 550 g/mol. The predicted octanol–water partition coefficient (Wildman–Crippen LogP) is 5.90. The average Bonchev–Trinajstić information content (AvgIpc) is 3.24. The Bertz CT molecular complexity index is 959. The van der Waals surface area contributed by atoms with Crippen LogP contribution < -0.4 is 0 Å². The minimum absolute atomic E-state index is 0.211. The van der Waals surface area contributed by atoms with Crippen molar-refractivity contribution in [3.63, 3.8) is 0 Å². The molecule has 9 heteroatoms. The van der Waals surface area contributed by atoms with Crippen molar-refractivity contribution in [1.29, 1.82) is 0 Å². The summed E-state index contributed by atoms with van der Waals surface area (Å²) >= 11 is 0. The lowest BCUT2D eigenvalue weighted by atomic mass is 9.87. The van der Waals surface area contributed by atoms with Crippen molar-refractivity contribution in [2.45, 2.75) is 95.6 Å². The molecule has 1 saturated carbocycles. The van der Waals surface area contributed by atoms with Crippen LogP contribution in [0.1, 0.15) is 76.7 Å². The van der Waals surface area contributed by atoms with Gasteiger partial charge in [0.2, 0.25) is 5.78 Å². The number of ether oxygens (including phenoxy) is 4. The fraction of sp³-hybridized carbons (Fsp3) is 0.633. The van der Waals surface area contributed by atoms with E-state index in [1.807, 2.05) is 0 Å². The molecule has 216 valence electrons. The van der Waals surface area contributed by atoms with Crippen LogP contribution in [0.4, 0.5) is 8.78 Å². The Labute approximate surface area is 229 Å². The van der Waals surface area contributed by atoms with Crippen LogP contribution in [0.25, 0.3) is 0 Å². The summed E-state index contributed by atoms with van der Waals surface area (Å²) in [4.78, 5) is 35.9. The molecule has 1 saturated heterocycles. The summed E-state index contributed by atoms with van der Waals surface area (Å²) < 4.78 is 52.1. The maximum atomic E-state index is 14.9. The molecule has 1 aliphatic carbocycles. The lowest BCUT2D eigenvalue weighted by Crippen LogP contribution is -2.31. The van der Waals surface area contributed by atoms with E-state index in [9.17, 15) is 23.2 Å². The second-order valence-corrected chi connectivity index (χ2v) is 10.3. The number of alkyl halides is 2. The van der Waals surface area contributed by atoms with Gasteiger partial charge in [-0.15, -0.1) is 0 Å². The Kier molecular flexibility index (Phi) is 12.1. The quantitative estimate of drug-likeness (QED) is 0.162. The molecule has 0 amide bonds. The average molecular weight is 551 g/mol. The van der Waals surface area contributed by atoms with Crippen molar-refractivity contribution in [3.05, 3.63) is 48.0 Å². The second kappa shape index (κ2) is 15.2. The summed E-state index contributed by atoms with van der Waals surface area (Å²) in [6.45, 7) is 1.93. The molecule has 1 aromatic carbocycles. The van der Waals surface area contributed by atoms with Crippen LogP contribution in [-0.4, -0.2) is 49.9 Å². The number of benzene rings is 1. The fourth-order valence-corrected chi connectivity index (χ4v) is 5.44. The largest absolute Gasteiger partial charge is 0.469 e. The van der Waals surface area contributed by atoms with Crippen molar-refractivity contribution in [2.75, 3.05) is 13.7 Å². The highest BCUT2D eigenvalue weighted by Gasteiger charge is 2.46. The molecule has 2 fully saturated rings. The molecule has 5 atom stereocenters. The molecular weight excluding hydrogens is 510 g/mol. The van der Waals surface area contributed by atoms with Gasteiger partial charge >= 0.3 is 17.9 Å². The topological polar surface area (TPSA) is 88.1 Å². The van der Waals surface area contributed by atoms with Crippen molar-refractivity contribution >= 4 is 17.7 Å². The third kappa shape index (κ3) is 9.21. The highest BCUT2D eigenvalue weighted by atomic mass is 19.3. The van der Waals surface area contributed by atoms with Crippen molar-refractivity contribution < 1.29 is 42.1 Å². The van der Waals surface area contributed by atoms with Crippen LogP contribution in [0.5, 0.6) is 0 Å². The maximum Gasteiger partial charge on any atom is 0.334 e. The first-order valence-corrected chi connectivity index (χ1v) is 13.9. The molecule has 7 nitrogen and oxygen atoms in total. The van der Waals surface area contributed by atoms with Gasteiger partial charge in [-0.25, -0.2) is 0 Å². The summed E-state index contributed by atoms with van der Waals surface area (Å²) in [6, 6.07) is 7.01.